The van der Waals surface area contributed by atoms with Gasteiger partial charge in [0.2, 0.25) is 5.91 Å². The fourth-order valence-electron chi connectivity index (χ4n) is 2.67. The van der Waals surface area contributed by atoms with E-state index in [-0.39, 0.29) is 29.4 Å². The first kappa shape index (κ1) is 13.3. The number of sulfone groups is 1. The largest absolute Gasteiger partial charge is 0.481 e. The van der Waals surface area contributed by atoms with Gasteiger partial charge in [-0.2, -0.15) is 0 Å². The molecule has 3 atom stereocenters. The summed E-state index contributed by atoms with van der Waals surface area (Å²) in [5, 5.41) is 11.6. The number of hydrogen-bond acceptors (Lipinski definition) is 4. The molecule has 0 aromatic carbocycles. The third-order valence-corrected chi connectivity index (χ3v) is 5.50. The Morgan fingerprint density at radius 1 is 1.11 bits per heavy atom. The van der Waals surface area contributed by atoms with Crippen molar-refractivity contribution in [3.8, 4) is 0 Å². The molecule has 1 saturated carbocycles. The Kier molecular flexibility index (Phi) is 3.61. The number of carboxylic acids is 1. The molecule has 6 nitrogen and oxygen atoms in total. The van der Waals surface area contributed by atoms with Crippen molar-refractivity contribution in [2.75, 3.05) is 11.5 Å². The number of nitrogens with one attached hydrogen (secondary N) is 1. The molecule has 102 valence electrons. The summed E-state index contributed by atoms with van der Waals surface area (Å²) in [7, 11) is -3.00. The highest BCUT2D eigenvalue weighted by Crippen LogP contribution is 2.31. The summed E-state index contributed by atoms with van der Waals surface area (Å²) in [5.74, 6) is -1.63. The van der Waals surface area contributed by atoms with Crippen LogP contribution >= 0.6 is 0 Å². The van der Waals surface area contributed by atoms with Gasteiger partial charge < -0.3 is 10.4 Å². The van der Waals surface area contributed by atoms with Crippen molar-refractivity contribution in [3.05, 3.63) is 0 Å². The monoisotopic (exact) mass is 275 g/mol. The fraction of sp³-hybridized carbons (Fsp3) is 0.818. The van der Waals surface area contributed by atoms with Crippen LogP contribution in [-0.4, -0.2) is 42.9 Å². The highest BCUT2D eigenvalue weighted by Gasteiger charge is 2.36. The molecule has 0 aromatic rings. The van der Waals surface area contributed by atoms with Gasteiger partial charge in [0.05, 0.1) is 17.4 Å². The van der Waals surface area contributed by atoms with E-state index >= 15 is 0 Å². The van der Waals surface area contributed by atoms with Crippen molar-refractivity contribution >= 4 is 21.7 Å². The van der Waals surface area contributed by atoms with Gasteiger partial charge in [-0.15, -0.1) is 0 Å². The average Bonchev–Trinajstić information content (AvgIpc) is 2.85. The minimum absolute atomic E-state index is 0.00776. The van der Waals surface area contributed by atoms with E-state index in [0.29, 0.717) is 25.7 Å². The van der Waals surface area contributed by atoms with Crippen LogP contribution in [0, 0.1) is 11.8 Å². The number of amides is 1. The molecule has 1 saturated heterocycles. The number of carbonyl (C=O) groups excluding carboxylic acids is 1. The summed E-state index contributed by atoms with van der Waals surface area (Å²) in [6, 6.07) is -0.300. The molecule has 2 aliphatic rings. The van der Waals surface area contributed by atoms with Crippen molar-refractivity contribution in [3.63, 3.8) is 0 Å². The first-order valence-electron chi connectivity index (χ1n) is 6.11. The van der Waals surface area contributed by atoms with Crippen LogP contribution in [0.2, 0.25) is 0 Å². The minimum Gasteiger partial charge on any atom is -0.481 e. The van der Waals surface area contributed by atoms with Gasteiger partial charge in [0.15, 0.2) is 9.84 Å². The predicted octanol–water partition coefficient (Wildman–Crippen LogP) is -0.209. The molecule has 7 heteroatoms. The Labute approximate surface area is 106 Å². The lowest BCUT2D eigenvalue weighted by Crippen LogP contribution is -2.39. The van der Waals surface area contributed by atoms with Crippen molar-refractivity contribution in [1.82, 2.24) is 5.32 Å². The predicted molar refractivity (Wildman–Crippen MR) is 63.7 cm³/mol. The van der Waals surface area contributed by atoms with Crippen molar-refractivity contribution in [2.24, 2.45) is 11.8 Å². The van der Waals surface area contributed by atoms with E-state index in [0.717, 1.165) is 0 Å². The maximum absolute atomic E-state index is 11.9. The molecule has 0 spiro atoms. The molecule has 1 amide bonds. The molecule has 2 rings (SSSR count). The first-order chi connectivity index (χ1) is 8.37. The zero-order valence-corrected chi connectivity index (χ0v) is 10.8. The Hall–Kier alpha value is -1.11. The second kappa shape index (κ2) is 4.87. The maximum Gasteiger partial charge on any atom is 0.306 e. The SMILES string of the molecule is O=C(O)C1CCC(C(=O)NC2CCS(=O)(=O)C2)C1. The van der Waals surface area contributed by atoms with Crippen molar-refractivity contribution in [1.29, 1.82) is 0 Å². The standard InChI is InChI=1S/C11H17NO5S/c13-10(7-1-2-8(5-7)11(14)15)12-9-3-4-18(16,17)6-9/h7-9H,1-6H2,(H,12,13)(H,14,15). The first-order valence-corrected chi connectivity index (χ1v) is 7.93. The van der Waals surface area contributed by atoms with Gasteiger partial charge in [0.1, 0.15) is 0 Å². The molecule has 1 aliphatic heterocycles. The normalized spacial score (nSPS) is 34.3. The van der Waals surface area contributed by atoms with Gasteiger partial charge in [0, 0.05) is 12.0 Å². The summed E-state index contributed by atoms with van der Waals surface area (Å²) >= 11 is 0. The molecule has 18 heavy (non-hydrogen) atoms. The number of carbonyl (C=O) groups is 2. The van der Waals surface area contributed by atoms with Crippen LogP contribution in [0.25, 0.3) is 0 Å². The van der Waals surface area contributed by atoms with Crippen LogP contribution in [0.5, 0.6) is 0 Å². The summed E-state index contributed by atoms with van der Waals surface area (Å²) in [6.45, 7) is 0. The molecule has 3 unspecified atom stereocenters. The zero-order chi connectivity index (χ0) is 13.3. The smallest absolute Gasteiger partial charge is 0.306 e. The molecule has 0 radical (unpaired) electrons. The second-order valence-electron chi connectivity index (χ2n) is 5.15. The highest BCUT2D eigenvalue weighted by molar-refractivity contribution is 7.91. The van der Waals surface area contributed by atoms with Crippen LogP contribution in [0.4, 0.5) is 0 Å². The highest BCUT2D eigenvalue weighted by atomic mass is 32.2. The van der Waals surface area contributed by atoms with E-state index in [2.05, 4.69) is 5.32 Å². The van der Waals surface area contributed by atoms with Gasteiger partial charge in [-0.05, 0) is 25.7 Å². The quantitative estimate of drug-likeness (QED) is 0.742. The topological polar surface area (TPSA) is 101 Å². The minimum atomic E-state index is -3.00. The molecular weight excluding hydrogens is 258 g/mol. The number of carboxylic acid groups (broad SMARTS) is 1. The number of aliphatic carboxylic acids is 1. The second-order valence-corrected chi connectivity index (χ2v) is 7.38. The Bertz CT molecular complexity index is 458. The van der Waals surface area contributed by atoms with Gasteiger partial charge >= 0.3 is 5.97 Å². The molecule has 2 fully saturated rings. The molecule has 2 N–H and O–H groups in total. The van der Waals surface area contributed by atoms with Crippen LogP contribution in [-0.2, 0) is 19.4 Å². The third kappa shape index (κ3) is 3.01. The molecule has 1 aliphatic carbocycles. The van der Waals surface area contributed by atoms with E-state index in [1.165, 1.54) is 0 Å². The van der Waals surface area contributed by atoms with Gasteiger partial charge in [-0.3, -0.25) is 9.59 Å². The van der Waals surface area contributed by atoms with Gasteiger partial charge in [-0.25, -0.2) is 8.42 Å². The summed E-state index contributed by atoms with van der Waals surface area (Å²) in [5.41, 5.74) is 0. The van der Waals surface area contributed by atoms with Crippen LogP contribution in [0.15, 0.2) is 0 Å². The zero-order valence-electron chi connectivity index (χ0n) is 9.96. The van der Waals surface area contributed by atoms with Crippen LogP contribution < -0.4 is 5.32 Å². The van der Waals surface area contributed by atoms with Crippen molar-refractivity contribution in [2.45, 2.75) is 31.7 Å². The van der Waals surface area contributed by atoms with E-state index in [1.807, 2.05) is 0 Å². The third-order valence-electron chi connectivity index (χ3n) is 3.73. The van der Waals surface area contributed by atoms with E-state index in [4.69, 9.17) is 5.11 Å². The van der Waals surface area contributed by atoms with E-state index in [1.54, 1.807) is 0 Å². The molecule has 0 aromatic heterocycles. The Balaban J connectivity index is 1.85. The van der Waals surface area contributed by atoms with Gasteiger partial charge in [0.25, 0.3) is 0 Å². The lowest BCUT2D eigenvalue weighted by atomic mass is 10.0. The van der Waals surface area contributed by atoms with Crippen molar-refractivity contribution < 1.29 is 23.1 Å². The molecular formula is C11H17NO5S. The number of rotatable bonds is 3. The van der Waals surface area contributed by atoms with Gasteiger partial charge in [-0.1, -0.05) is 0 Å². The van der Waals surface area contributed by atoms with Crippen LogP contribution in [0.3, 0.4) is 0 Å². The summed E-state index contributed by atoms with van der Waals surface area (Å²) in [4.78, 5) is 22.7. The lowest BCUT2D eigenvalue weighted by Gasteiger charge is -2.14. The lowest BCUT2D eigenvalue weighted by molar-refractivity contribution is -0.141. The van der Waals surface area contributed by atoms with E-state index < -0.39 is 21.7 Å². The fourth-order valence-corrected chi connectivity index (χ4v) is 4.35. The summed E-state index contributed by atoms with van der Waals surface area (Å²) in [6.07, 6.45) is 1.92. The number of hydrogen-bond donors (Lipinski definition) is 2. The summed E-state index contributed by atoms with van der Waals surface area (Å²) < 4.78 is 22.5. The Morgan fingerprint density at radius 3 is 2.28 bits per heavy atom. The molecule has 1 heterocycles. The van der Waals surface area contributed by atoms with Crippen LogP contribution in [0.1, 0.15) is 25.7 Å². The average molecular weight is 275 g/mol. The van der Waals surface area contributed by atoms with E-state index in [9.17, 15) is 18.0 Å². The Morgan fingerprint density at radius 2 is 1.78 bits per heavy atom. The molecule has 0 bridgehead atoms. The maximum atomic E-state index is 11.9.